The van der Waals surface area contributed by atoms with Crippen LogP contribution in [0.5, 0.6) is 6.01 Å². The number of nitrogens with zero attached hydrogens (tertiary/aromatic N) is 7. The second kappa shape index (κ2) is 12.5. The molecule has 1 saturated carbocycles. The first kappa shape index (κ1) is 30.4. The van der Waals surface area contributed by atoms with Gasteiger partial charge in [0.15, 0.2) is 0 Å². The van der Waals surface area contributed by atoms with Crippen LogP contribution in [-0.4, -0.2) is 90.3 Å². The van der Waals surface area contributed by atoms with Gasteiger partial charge in [0, 0.05) is 67.9 Å². The topological polar surface area (TPSA) is 88.8 Å². The van der Waals surface area contributed by atoms with Crippen molar-refractivity contribution < 1.29 is 13.9 Å². The molecule has 1 aliphatic carbocycles. The number of anilines is 2. The van der Waals surface area contributed by atoms with Crippen LogP contribution >= 0.6 is 0 Å². The van der Waals surface area contributed by atoms with Gasteiger partial charge in [0.05, 0.1) is 37.4 Å². The first-order valence-electron chi connectivity index (χ1n) is 16.5. The van der Waals surface area contributed by atoms with Crippen LogP contribution < -0.4 is 14.5 Å². The van der Waals surface area contributed by atoms with Crippen LogP contribution in [0.2, 0.25) is 0 Å². The molecule has 0 radical (unpaired) electrons. The van der Waals surface area contributed by atoms with E-state index in [4.69, 9.17) is 14.7 Å². The molecule has 1 amide bonds. The van der Waals surface area contributed by atoms with Crippen LogP contribution in [0.15, 0.2) is 49.1 Å². The number of carbonyl (C=O) groups is 1. The van der Waals surface area contributed by atoms with Gasteiger partial charge in [-0.25, -0.2) is 4.39 Å². The number of alkyl halides is 1. The number of amides is 1. The molecular weight excluding hydrogens is 581 g/mol. The summed E-state index contributed by atoms with van der Waals surface area (Å²) >= 11 is 0. The van der Waals surface area contributed by atoms with Crippen molar-refractivity contribution in [2.45, 2.75) is 57.8 Å². The molecule has 3 aliphatic heterocycles. The van der Waals surface area contributed by atoms with Crippen molar-refractivity contribution in [1.29, 1.82) is 5.26 Å². The minimum Gasteiger partial charge on any atom is -0.463 e. The van der Waals surface area contributed by atoms with Gasteiger partial charge in [0.25, 0.3) is 0 Å². The number of aromatic nitrogens is 2. The minimum absolute atomic E-state index is 0.0184. The number of fused-ring (bicyclic) bond motifs is 2. The molecular formula is C36H42FN7O2. The van der Waals surface area contributed by atoms with Crippen molar-refractivity contribution in [2.24, 2.45) is 5.41 Å². The molecule has 4 heterocycles. The smallest absolute Gasteiger partial charge is 0.318 e. The Morgan fingerprint density at radius 1 is 1.13 bits per heavy atom. The maximum absolute atomic E-state index is 13.9. The van der Waals surface area contributed by atoms with Gasteiger partial charge in [-0.3, -0.25) is 9.69 Å². The number of ether oxygens (including phenoxy) is 1. The minimum atomic E-state index is -0.733. The summed E-state index contributed by atoms with van der Waals surface area (Å²) in [7, 11) is 0. The van der Waals surface area contributed by atoms with Gasteiger partial charge < -0.3 is 19.4 Å². The van der Waals surface area contributed by atoms with Crippen LogP contribution in [0.4, 0.5) is 15.9 Å². The number of nitriles is 1. The molecule has 0 spiro atoms. The first-order chi connectivity index (χ1) is 22.4. The highest BCUT2D eigenvalue weighted by Crippen LogP contribution is 2.47. The van der Waals surface area contributed by atoms with E-state index in [0.29, 0.717) is 51.8 Å². The van der Waals surface area contributed by atoms with E-state index in [-0.39, 0.29) is 23.8 Å². The molecule has 2 unspecified atom stereocenters. The van der Waals surface area contributed by atoms with Gasteiger partial charge in [0.2, 0.25) is 5.91 Å². The summed E-state index contributed by atoms with van der Waals surface area (Å²) in [6.45, 7) is 11.5. The van der Waals surface area contributed by atoms with Crippen molar-refractivity contribution in [2.75, 3.05) is 62.2 Å². The van der Waals surface area contributed by atoms with E-state index in [1.807, 2.05) is 0 Å². The molecule has 2 aromatic carbocycles. The molecule has 46 heavy (non-hydrogen) atoms. The number of piperazine rings is 1. The summed E-state index contributed by atoms with van der Waals surface area (Å²) in [5, 5.41) is 12.1. The molecule has 0 bridgehead atoms. The molecule has 3 aromatic rings. The summed E-state index contributed by atoms with van der Waals surface area (Å²) in [4.78, 5) is 31.2. The van der Waals surface area contributed by atoms with Gasteiger partial charge in [-0.05, 0) is 55.7 Å². The largest absolute Gasteiger partial charge is 0.463 e. The summed E-state index contributed by atoms with van der Waals surface area (Å²) in [6.07, 6.45) is 4.32. The molecule has 0 N–H and O–H groups in total. The summed E-state index contributed by atoms with van der Waals surface area (Å²) in [6, 6.07) is 15.3. The predicted octanol–water partition coefficient (Wildman–Crippen LogP) is 4.82. The van der Waals surface area contributed by atoms with E-state index in [1.165, 1.54) is 28.1 Å². The van der Waals surface area contributed by atoms with Crippen molar-refractivity contribution >= 4 is 28.2 Å². The Hall–Kier alpha value is -4.23. The number of hydrogen-bond donors (Lipinski definition) is 0. The highest BCUT2D eigenvalue weighted by molar-refractivity contribution is 5.97. The third-order valence-electron chi connectivity index (χ3n) is 10.3. The molecule has 9 nitrogen and oxygen atoms in total. The Balaban J connectivity index is 1.19. The fraction of sp³-hybridized carbons (Fsp3) is 0.500. The van der Waals surface area contributed by atoms with Crippen molar-refractivity contribution in [3.05, 3.63) is 65.9 Å². The number of aryl methyl sites for hydroxylation is 1. The van der Waals surface area contributed by atoms with E-state index >= 15 is 0 Å². The summed E-state index contributed by atoms with van der Waals surface area (Å²) in [5.41, 5.74) is 4.51. The van der Waals surface area contributed by atoms with Crippen LogP contribution in [-0.2, 0) is 17.8 Å². The van der Waals surface area contributed by atoms with Gasteiger partial charge in [-0.15, -0.1) is 0 Å². The van der Waals surface area contributed by atoms with Gasteiger partial charge >= 0.3 is 6.01 Å². The number of benzene rings is 2. The Morgan fingerprint density at radius 2 is 1.96 bits per heavy atom. The third kappa shape index (κ3) is 6.01. The zero-order chi connectivity index (χ0) is 31.8. The maximum Gasteiger partial charge on any atom is 0.318 e. The second-order valence-corrected chi connectivity index (χ2v) is 13.5. The average Bonchev–Trinajstić information content (AvgIpc) is 3.72. The Labute approximate surface area is 270 Å². The first-order valence-corrected chi connectivity index (χ1v) is 16.5. The van der Waals surface area contributed by atoms with Crippen LogP contribution in [0.25, 0.3) is 10.8 Å². The molecule has 3 fully saturated rings. The second-order valence-electron chi connectivity index (χ2n) is 13.5. The third-order valence-corrected chi connectivity index (χ3v) is 10.3. The molecule has 2 saturated heterocycles. The van der Waals surface area contributed by atoms with E-state index in [2.05, 4.69) is 70.7 Å². The molecule has 2 atom stereocenters. The number of likely N-dealkylation sites (tertiary alicyclic amines) is 1. The Kier molecular flexibility index (Phi) is 8.28. The SMILES string of the molecule is C=CC(=O)N1CCN(c2nc(OCC3(CN4CCC(F)C4)CC3)nc3c2CCN(c2cccc4cccc(C)c24)C3)CC1CC#N. The van der Waals surface area contributed by atoms with Gasteiger partial charge in [-0.2, -0.15) is 15.2 Å². The lowest BCUT2D eigenvalue weighted by atomic mass is 9.99. The Morgan fingerprint density at radius 3 is 2.70 bits per heavy atom. The van der Waals surface area contributed by atoms with Crippen LogP contribution in [0.1, 0.15) is 42.5 Å². The standard InChI is InChI=1S/C36H42FN7O2/c1-3-32(45)44-19-18-43(21-28(44)10-15-38)34-29-12-17-42(31-9-5-8-26-7-4-6-25(2)33(26)31)22-30(29)39-35(40-34)46-24-36(13-14-36)23-41-16-11-27(37)20-41/h3-9,27-28H,1,10-14,16-24H2,2H3. The van der Waals surface area contributed by atoms with E-state index in [0.717, 1.165) is 56.0 Å². The summed E-state index contributed by atoms with van der Waals surface area (Å²) < 4.78 is 20.3. The van der Waals surface area contributed by atoms with Gasteiger partial charge in [-0.1, -0.05) is 36.9 Å². The van der Waals surface area contributed by atoms with Crippen LogP contribution in [0, 0.1) is 23.7 Å². The van der Waals surface area contributed by atoms with Crippen molar-refractivity contribution in [1.82, 2.24) is 19.8 Å². The number of halogens is 1. The molecule has 7 rings (SSSR count). The highest BCUT2D eigenvalue weighted by Gasteiger charge is 2.46. The average molecular weight is 624 g/mol. The maximum atomic E-state index is 13.9. The lowest BCUT2D eigenvalue weighted by Crippen LogP contribution is -2.55. The molecule has 4 aliphatic rings. The molecule has 240 valence electrons. The normalized spacial score (nSPS) is 22.4. The van der Waals surface area contributed by atoms with Gasteiger partial charge in [0.1, 0.15) is 12.0 Å². The molecule has 1 aromatic heterocycles. The zero-order valence-electron chi connectivity index (χ0n) is 26.6. The number of hydrogen-bond acceptors (Lipinski definition) is 8. The monoisotopic (exact) mass is 623 g/mol. The van der Waals surface area contributed by atoms with E-state index in [1.54, 1.807) is 4.90 Å². The fourth-order valence-electron chi connectivity index (χ4n) is 7.57. The highest BCUT2D eigenvalue weighted by atomic mass is 19.1. The zero-order valence-corrected chi connectivity index (χ0v) is 26.6. The van der Waals surface area contributed by atoms with Crippen molar-refractivity contribution in [3.8, 4) is 12.1 Å². The number of rotatable bonds is 9. The predicted molar refractivity (Wildman–Crippen MR) is 177 cm³/mol. The van der Waals surface area contributed by atoms with E-state index in [9.17, 15) is 14.4 Å². The lowest BCUT2D eigenvalue weighted by molar-refractivity contribution is -0.128. The van der Waals surface area contributed by atoms with E-state index < -0.39 is 6.17 Å². The lowest BCUT2D eigenvalue weighted by Gasteiger charge is -2.42. The Bertz CT molecular complexity index is 1680. The molecule has 10 heteroatoms. The quantitative estimate of drug-likeness (QED) is 0.314. The number of carbonyl (C=O) groups excluding carboxylic acids is 1. The summed E-state index contributed by atoms with van der Waals surface area (Å²) in [5.74, 6) is 0.688. The van der Waals surface area contributed by atoms with Crippen molar-refractivity contribution in [3.63, 3.8) is 0 Å². The fourth-order valence-corrected chi connectivity index (χ4v) is 7.57. The van der Waals surface area contributed by atoms with Crippen LogP contribution in [0.3, 0.4) is 0 Å².